The van der Waals surface area contributed by atoms with Crippen molar-refractivity contribution in [3.63, 3.8) is 0 Å². The van der Waals surface area contributed by atoms with Gasteiger partial charge in [0.2, 0.25) is 0 Å². The molecule has 1 heterocycles. The van der Waals surface area contributed by atoms with Crippen LogP contribution < -0.4 is 0 Å². The quantitative estimate of drug-likeness (QED) is 0.540. The van der Waals surface area contributed by atoms with Crippen LogP contribution in [0, 0.1) is 23.2 Å². The molecular formula is C11H20O. The highest BCUT2D eigenvalue weighted by Crippen LogP contribution is 2.49. The van der Waals surface area contributed by atoms with Gasteiger partial charge in [-0.05, 0) is 36.0 Å². The molecule has 2 bridgehead atoms. The highest BCUT2D eigenvalue weighted by atomic mass is 16.5. The Morgan fingerprint density at radius 1 is 1.00 bits per heavy atom. The van der Waals surface area contributed by atoms with Gasteiger partial charge in [0.15, 0.2) is 0 Å². The fourth-order valence-corrected chi connectivity index (χ4v) is 3.33. The molecule has 0 aromatic rings. The molecule has 0 spiro atoms. The lowest BCUT2D eigenvalue weighted by atomic mass is 9.70. The molecule has 1 heteroatoms. The Morgan fingerprint density at radius 2 is 1.50 bits per heavy atom. The number of rotatable bonds is 0. The summed E-state index contributed by atoms with van der Waals surface area (Å²) in [4.78, 5) is 0. The summed E-state index contributed by atoms with van der Waals surface area (Å²) >= 11 is 0. The highest BCUT2D eigenvalue weighted by Gasteiger charge is 2.45. The summed E-state index contributed by atoms with van der Waals surface area (Å²) in [5.41, 5.74) is 0.496. The van der Waals surface area contributed by atoms with Crippen LogP contribution in [0.3, 0.4) is 0 Å². The lowest BCUT2D eigenvalue weighted by Crippen LogP contribution is -2.37. The average Bonchev–Trinajstić information content (AvgIpc) is 2.23. The first-order valence-electron chi connectivity index (χ1n) is 5.17. The normalized spacial score (nSPS) is 41.8. The standard InChI is InChI=1S/C11H20O/c1-11(2,3)10-8-4-5-9(10)7-12-6-8/h8-10H,4-7H2,1-3H3. The molecule has 0 amide bonds. The van der Waals surface area contributed by atoms with Gasteiger partial charge in [0.25, 0.3) is 0 Å². The van der Waals surface area contributed by atoms with Gasteiger partial charge in [-0.15, -0.1) is 0 Å². The molecule has 2 fully saturated rings. The summed E-state index contributed by atoms with van der Waals surface area (Å²) < 4.78 is 5.58. The number of hydrogen-bond donors (Lipinski definition) is 0. The van der Waals surface area contributed by atoms with Crippen LogP contribution in [0.1, 0.15) is 33.6 Å². The lowest BCUT2D eigenvalue weighted by Gasteiger charge is -2.39. The van der Waals surface area contributed by atoms with Gasteiger partial charge >= 0.3 is 0 Å². The molecule has 2 unspecified atom stereocenters. The molecule has 1 nitrogen and oxygen atoms in total. The van der Waals surface area contributed by atoms with Crippen molar-refractivity contribution in [3.8, 4) is 0 Å². The molecular weight excluding hydrogens is 148 g/mol. The van der Waals surface area contributed by atoms with Gasteiger partial charge in [-0.2, -0.15) is 0 Å². The first kappa shape index (κ1) is 8.55. The van der Waals surface area contributed by atoms with Crippen LogP contribution in [0.25, 0.3) is 0 Å². The number of fused-ring (bicyclic) bond motifs is 2. The summed E-state index contributed by atoms with van der Waals surface area (Å²) in [6.07, 6.45) is 2.82. The Labute approximate surface area is 75.5 Å². The maximum Gasteiger partial charge on any atom is 0.0497 e. The van der Waals surface area contributed by atoms with Crippen molar-refractivity contribution in [2.75, 3.05) is 13.2 Å². The molecule has 12 heavy (non-hydrogen) atoms. The fraction of sp³-hybridized carbons (Fsp3) is 1.00. The van der Waals surface area contributed by atoms with Crippen molar-refractivity contribution < 1.29 is 4.74 Å². The molecule has 0 aromatic carbocycles. The molecule has 1 saturated heterocycles. The Morgan fingerprint density at radius 3 is 1.83 bits per heavy atom. The summed E-state index contributed by atoms with van der Waals surface area (Å²) in [6, 6.07) is 0. The zero-order valence-corrected chi connectivity index (χ0v) is 8.47. The Kier molecular flexibility index (Phi) is 1.95. The van der Waals surface area contributed by atoms with Crippen LogP contribution in [-0.2, 0) is 4.74 Å². The van der Waals surface area contributed by atoms with E-state index in [1.54, 1.807) is 0 Å². The zero-order valence-electron chi connectivity index (χ0n) is 8.47. The van der Waals surface area contributed by atoms with E-state index in [0.717, 1.165) is 31.0 Å². The van der Waals surface area contributed by atoms with Gasteiger partial charge in [-0.25, -0.2) is 0 Å². The molecule has 1 aliphatic heterocycles. The summed E-state index contributed by atoms with van der Waals surface area (Å²) in [5, 5.41) is 0. The van der Waals surface area contributed by atoms with E-state index in [2.05, 4.69) is 20.8 Å². The van der Waals surface area contributed by atoms with Gasteiger partial charge in [0, 0.05) is 13.2 Å². The molecule has 0 N–H and O–H groups in total. The van der Waals surface area contributed by atoms with Crippen LogP contribution in [-0.4, -0.2) is 13.2 Å². The third-order valence-corrected chi connectivity index (χ3v) is 3.59. The first-order valence-corrected chi connectivity index (χ1v) is 5.17. The van der Waals surface area contributed by atoms with E-state index in [1.807, 2.05) is 0 Å². The van der Waals surface area contributed by atoms with E-state index in [4.69, 9.17) is 4.74 Å². The monoisotopic (exact) mass is 168 g/mol. The second-order valence-electron chi connectivity index (χ2n) is 5.53. The Hall–Kier alpha value is -0.0400. The highest BCUT2D eigenvalue weighted by molar-refractivity contribution is 4.93. The van der Waals surface area contributed by atoms with Crippen LogP contribution in [0.5, 0.6) is 0 Å². The van der Waals surface area contributed by atoms with Gasteiger partial charge in [0.05, 0.1) is 0 Å². The van der Waals surface area contributed by atoms with E-state index >= 15 is 0 Å². The van der Waals surface area contributed by atoms with E-state index in [1.165, 1.54) is 12.8 Å². The summed E-state index contributed by atoms with van der Waals surface area (Å²) in [5.74, 6) is 2.65. The van der Waals surface area contributed by atoms with Crippen LogP contribution in [0.15, 0.2) is 0 Å². The second-order valence-corrected chi connectivity index (χ2v) is 5.53. The molecule has 70 valence electrons. The molecule has 1 aliphatic carbocycles. The first-order chi connectivity index (χ1) is 5.59. The topological polar surface area (TPSA) is 9.23 Å². The SMILES string of the molecule is CC(C)(C)C1C2CCC1COC2. The summed E-state index contributed by atoms with van der Waals surface area (Å²) in [6.45, 7) is 9.20. The second kappa shape index (κ2) is 2.73. The number of hydrogen-bond acceptors (Lipinski definition) is 1. The maximum absolute atomic E-state index is 5.58. The zero-order chi connectivity index (χ0) is 8.77. The molecule has 0 radical (unpaired) electrons. The van der Waals surface area contributed by atoms with Crippen molar-refractivity contribution in [3.05, 3.63) is 0 Å². The third kappa shape index (κ3) is 1.28. The predicted molar refractivity (Wildman–Crippen MR) is 50.0 cm³/mol. The molecule has 1 saturated carbocycles. The minimum absolute atomic E-state index is 0.496. The Balaban J connectivity index is 2.15. The Bertz CT molecular complexity index is 152. The minimum atomic E-state index is 0.496. The van der Waals surface area contributed by atoms with Crippen LogP contribution in [0.2, 0.25) is 0 Å². The van der Waals surface area contributed by atoms with Gasteiger partial charge in [-0.1, -0.05) is 20.8 Å². The van der Waals surface area contributed by atoms with E-state index < -0.39 is 0 Å². The largest absolute Gasteiger partial charge is 0.381 e. The van der Waals surface area contributed by atoms with Crippen molar-refractivity contribution in [2.45, 2.75) is 33.6 Å². The maximum atomic E-state index is 5.58. The van der Waals surface area contributed by atoms with Crippen LogP contribution in [0.4, 0.5) is 0 Å². The fourth-order valence-electron chi connectivity index (χ4n) is 3.33. The van der Waals surface area contributed by atoms with Crippen molar-refractivity contribution in [1.29, 1.82) is 0 Å². The van der Waals surface area contributed by atoms with Crippen LogP contribution >= 0.6 is 0 Å². The molecule has 2 atom stereocenters. The molecule has 2 rings (SSSR count). The van der Waals surface area contributed by atoms with Crippen molar-refractivity contribution in [1.82, 2.24) is 0 Å². The van der Waals surface area contributed by atoms with E-state index in [-0.39, 0.29) is 0 Å². The third-order valence-electron chi connectivity index (χ3n) is 3.59. The van der Waals surface area contributed by atoms with Crippen molar-refractivity contribution >= 4 is 0 Å². The lowest BCUT2D eigenvalue weighted by molar-refractivity contribution is -0.0330. The van der Waals surface area contributed by atoms with E-state index in [0.29, 0.717) is 5.41 Å². The molecule has 0 aromatic heterocycles. The molecule has 2 aliphatic rings. The average molecular weight is 168 g/mol. The smallest absolute Gasteiger partial charge is 0.0497 e. The number of ether oxygens (including phenoxy) is 1. The predicted octanol–water partition coefficient (Wildman–Crippen LogP) is 2.71. The summed E-state index contributed by atoms with van der Waals surface area (Å²) in [7, 11) is 0. The minimum Gasteiger partial charge on any atom is -0.381 e. The van der Waals surface area contributed by atoms with Gasteiger partial charge in [-0.3, -0.25) is 0 Å². The van der Waals surface area contributed by atoms with Gasteiger partial charge in [0.1, 0.15) is 0 Å². The van der Waals surface area contributed by atoms with E-state index in [9.17, 15) is 0 Å². The van der Waals surface area contributed by atoms with Crippen molar-refractivity contribution in [2.24, 2.45) is 23.2 Å². The van der Waals surface area contributed by atoms with Gasteiger partial charge < -0.3 is 4.74 Å².